The van der Waals surface area contributed by atoms with Crippen LogP contribution in [-0.2, 0) is 0 Å². The number of rotatable bonds is 4. The molecule has 0 spiro atoms. The predicted octanol–water partition coefficient (Wildman–Crippen LogP) is 11.1. The Labute approximate surface area is 330 Å². The van der Waals surface area contributed by atoms with Crippen LogP contribution in [0.2, 0.25) is 0 Å². The van der Waals surface area contributed by atoms with E-state index in [-0.39, 0.29) is 0 Å². The van der Waals surface area contributed by atoms with Gasteiger partial charge in [0.2, 0.25) is 0 Å². The molecule has 58 heavy (non-hydrogen) atoms. The van der Waals surface area contributed by atoms with Crippen LogP contribution < -0.4 is 0 Å². The molecule has 0 atom stereocenters. The SMILES string of the molecule is c1cnc2c(c1)ccc1ccc(C(=C(c3ccc4ccc5cccnc5c4n3)c3ccc4ccc5cccnc5c4n3)c3ccc4ccc5cccnc5c4n3)nc12. The van der Waals surface area contributed by atoms with Gasteiger partial charge in [-0.05, 0) is 48.5 Å². The molecule has 0 aliphatic carbocycles. The molecule has 0 radical (unpaired) electrons. The van der Waals surface area contributed by atoms with Crippen LogP contribution in [0.15, 0.2) is 170 Å². The molecular weight excluding hydrogens is 713 g/mol. The maximum absolute atomic E-state index is 5.46. The summed E-state index contributed by atoms with van der Waals surface area (Å²) in [6.07, 6.45) is 7.26. The fourth-order valence-corrected chi connectivity index (χ4v) is 8.23. The van der Waals surface area contributed by atoms with Crippen LogP contribution in [-0.4, -0.2) is 39.9 Å². The molecule has 0 N–H and O–H groups in total. The van der Waals surface area contributed by atoms with Crippen molar-refractivity contribution in [3.05, 3.63) is 193 Å². The zero-order chi connectivity index (χ0) is 38.2. The van der Waals surface area contributed by atoms with Gasteiger partial charge in [0.15, 0.2) is 0 Å². The summed E-state index contributed by atoms with van der Waals surface area (Å²) in [5, 5.41) is 7.99. The van der Waals surface area contributed by atoms with E-state index in [4.69, 9.17) is 39.9 Å². The third-order valence-electron chi connectivity index (χ3n) is 11.0. The molecule has 0 unspecified atom stereocenters. The molecule has 0 aliphatic heterocycles. The predicted molar refractivity (Wildman–Crippen MR) is 233 cm³/mol. The average molecular weight is 741 g/mol. The fourth-order valence-electron chi connectivity index (χ4n) is 8.23. The summed E-state index contributed by atoms with van der Waals surface area (Å²) < 4.78 is 0. The van der Waals surface area contributed by atoms with E-state index in [0.29, 0.717) is 22.8 Å². The molecule has 0 saturated heterocycles. The maximum atomic E-state index is 5.46. The highest BCUT2D eigenvalue weighted by Crippen LogP contribution is 2.39. The lowest BCUT2D eigenvalue weighted by molar-refractivity contribution is 1.25. The van der Waals surface area contributed by atoms with Crippen LogP contribution in [0.1, 0.15) is 22.8 Å². The molecular formula is C50H28N8. The molecule has 12 aromatic rings. The van der Waals surface area contributed by atoms with Gasteiger partial charge in [0.1, 0.15) is 0 Å². The van der Waals surface area contributed by atoms with E-state index in [2.05, 4.69) is 121 Å². The highest BCUT2D eigenvalue weighted by Gasteiger charge is 2.23. The van der Waals surface area contributed by atoms with Crippen molar-refractivity contribution >= 4 is 98.4 Å². The molecule has 0 fully saturated rings. The second-order valence-corrected chi connectivity index (χ2v) is 14.4. The third kappa shape index (κ3) is 5.09. The lowest BCUT2D eigenvalue weighted by atomic mass is 9.93. The fraction of sp³-hybridized carbons (Fsp3) is 0. The summed E-state index contributed by atoms with van der Waals surface area (Å²) in [6.45, 7) is 0. The van der Waals surface area contributed by atoms with Crippen molar-refractivity contribution in [1.29, 1.82) is 0 Å². The minimum absolute atomic E-state index is 0.705. The first kappa shape index (κ1) is 32.2. The molecule has 8 aromatic heterocycles. The van der Waals surface area contributed by atoms with Gasteiger partial charge >= 0.3 is 0 Å². The Morgan fingerprint density at radius 2 is 0.431 bits per heavy atom. The Morgan fingerprint density at radius 1 is 0.224 bits per heavy atom. The number of hydrogen-bond acceptors (Lipinski definition) is 8. The monoisotopic (exact) mass is 740 g/mol. The van der Waals surface area contributed by atoms with E-state index in [1.165, 1.54) is 0 Å². The number of hydrogen-bond donors (Lipinski definition) is 0. The first-order valence-electron chi connectivity index (χ1n) is 19.1. The van der Waals surface area contributed by atoms with Crippen LogP contribution in [0.4, 0.5) is 0 Å². The third-order valence-corrected chi connectivity index (χ3v) is 11.0. The number of nitrogens with zero attached hydrogens (tertiary/aromatic N) is 8. The average Bonchev–Trinajstić information content (AvgIpc) is 3.30. The number of aromatic nitrogens is 8. The highest BCUT2D eigenvalue weighted by atomic mass is 14.8. The van der Waals surface area contributed by atoms with E-state index in [0.717, 1.165) is 98.4 Å². The van der Waals surface area contributed by atoms with E-state index < -0.39 is 0 Å². The Balaban J connectivity index is 1.26. The highest BCUT2D eigenvalue weighted by molar-refractivity contribution is 6.11. The van der Waals surface area contributed by atoms with Crippen molar-refractivity contribution < 1.29 is 0 Å². The second-order valence-electron chi connectivity index (χ2n) is 14.4. The van der Waals surface area contributed by atoms with Crippen molar-refractivity contribution in [2.75, 3.05) is 0 Å². The topological polar surface area (TPSA) is 103 Å². The van der Waals surface area contributed by atoms with E-state index in [9.17, 15) is 0 Å². The van der Waals surface area contributed by atoms with Gasteiger partial charge in [0.05, 0.1) is 66.9 Å². The molecule has 8 heteroatoms. The quantitative estimate of drug-likeness (QED) is 0.164. The largest absolute Gasteiger partial charge is 0.254 e. The van der Waals surface area contributed by atoms with Crippen molar-refractivity contribution in [3.63, 3.8) is 0 Å². The standard InChI is InChI=1S/C50H28N8/c1-5-29-9-13-33-17-21-37(55-47(33)43(29)51-25-1)41(38-22-18-34-14-10-30-6-2-26-52-44(30)48(34)56-38)42(39-23-19-35-15-11-31-7-3-27-53-45(31)49(35)57-39)40-24-20-36-16-12-32-8-4-28-54-46(32)50(36)58-40/h1-28H. The second kappa shape index (κ2) is 12.7. The summed E-state index contributed by atoms with van der Waals surface area (Å²) in [7, 11) is 0. The number of benzene rings is 4. The molecule has 12 rings (SSSR count). The van der Waals surface area contributed by atoms with Gasteiger partial charge in [-0.3, -0.25) is 19.9 Å². The summed E-state index contributed by atoms with van der Waals surface area (Å²) in [4.78, 5) is 41.1. The molecule has 8 nitrogen and oxygen atoms in total. The summed E-state index contributed by atoms with van der Waals surface area (Å²) in [6, 6.07) is 49.5. The molecule has 8 heterocycles. The summed E-state index contributed by atoms with van der Waals surface area (Å²) in [5.41, 5.74) is 10.8. The normalized spacial score (nSPS) is 11.8. The molecule has 0 bridgehead atoms. The van der Waals surface area contributed by atoms with E-state index >= 15 is 0 Å². The first-order valence-corrected chi connectivity index (χ1v) is 19.1. The van der Waals surface area contributed by atoms with Gasteiger partial charge in [-0.15, -0.1) is 0 Å². The minimum atomic E-state index is 0.705. The van der Waals surface area contributed by atoms with Crippen LogP contribution in [0.5, 0.6) is 0 Å². The van der Waals surface area contributed by atoms with Gasteiger partial charge < -0.3 is 0 Å². The van der Waals surface area contributed by atoms with Crippen molar-refractivity contribution in [3.8, 4) is 0 Å². The lowest BCUT2D eigenvalue weighted by Crippen LogP contribution is -2.05. The molecule has 268 valence electrons. The number of pyridine rings is 8. The summed E-state index contributed by atoms with van der Waals surface area (Å²) >= 11 is 0. The summed E-state index contributed by atoms with van der Waals surface area (Å²) in [5.74, 6) is 0. The Hall–Kier alpha value is -8.10. The van der Waals surface area contributed by atoms with Crippen molar-refractivity contribution in [2.24, 2.45) is 0 Å². The van der Waals surface area contributed by atoms with Crippen molar-refractivity contribution in [1.82, 2.24) is 39.9 Å². The van der Waals surface area contributed by atoms with Crippen LogP contribution in [0, 0.1) is 0 Å². The van der Waals surface area contributed by atoms with Gasteiger partial charge in [-0.25, -0.2) is 19.9 Å². The van der Waals surface area contributed by atoms with Gasteiger partial charge in [-0.1, -0.05) is 97.1 Å². The Bertz CT molecular complexity index is 3220. The van der Waals surface area contributed by atoms with Crippen LogP contribution in [0.25, 0.3) is 98.4 Å². The zero-order valence-electron chi connectivity index (χ0n) is 30.7. The smallest absolute Gasteiger partial charge is 0.0972 e. The Kier molecular flexibility index (Phi) is 7.06. The maximum Gasteiger partial charge on any atom is 0.0972 e. The zero-order valence-corrected chi connectivity index (χ0v) is 30.7. The van der Waals surface area contributed by atoms with Gasteiger partial charge in [0.25, 0.3) is 0 Å². The van der Waals surface area contributed by atoms with Crippen LogP contribution >= 0.6 is 0 Å². The molecule has 0 saturated carbocycles. The minimum Gasteiger partial charge on any atom is -0.254 e. The van der Waals surface area contributed by atoms with Gasteiger partial charge in [0, 0.05) is 79.0 Å². The lowest BCUT2D eigenvalue weighted by Gasteiger charge is -2.18. The molecule has 4 aromatic carbocycles. The first-order chi connectivity index (χ1) is 28.7. The van der Waals surface area contributed by atoms with Gasteiger partial charge in [-0.2, -0.15) is 0 Å². The number of fused-ring (bicyclic) bond motifs is 12. The van der Waals surface area contributed by atoms with E-state index in [1.54, 1.807) is 0 Å². The Morgan fingerprint density at radius 3 is 0.672 bits per heavy atom. The van der Waals surface area contributed by atoms with Crippen molar-refractivity contribution in [2.45, 2.75) is 0 Å². The van der Waals surface area contributed by atoms with Crippen LogP contribution in [0.3, 0.4) is 0 Å². The molecule has 0 amide bonds. The van der Waals surface area contributed by atoms with E-state index in [1.807, 2.05) is 49.1 Å². The molecule has 0 aliphatic rings.